The topological polar surface area (TPSA) is 288 Å². The molecule has 25 heteroatoms. The van der Waals surface area contributed by atoms with Gasteiger partial charge in [0.25, 0.3) is 0 Å². The summed E-state index contributed by atoms with van der Waals surface area (Å²) in [5.41, 5.74) is 0. The molecule has 0 spiro atoms. The van der Waals surface area contributed by atoms with Gasteiger partial charge >= 0.3 is 0 Å². The number of likely N-dealkylation sites (N-methyl/N-ethyl adjacent to an activating group) is 7. The molecule has 5 N–H and O–H groups in total. The van der Waals surface area contributed by atoms with Crippen molar-refractivity contribution >= 4 is 73.3 Å². The lowest BCUT2D eigenvalue weighted by Gasteiger charge is -2.46. The molecule has 11 amide bonds. The Labute approximate surface area is 566 Å². The highest BCUT2D eigenvalue weighted by Gasteiger charge is 2.50. The van der Waals surface area contributed by atoms with Crippen molar-refractivity contribution in [1.82, 2.24) is 55.6 Å². The number of hydrogen-bond donors (Lipinski definition) is 5. The molecule has 14 atom stereocenters. The summed E-state index contributed by atoms with van der Waals surface area (Å²) in [4.78, 5) is 173. The third-order valence-corrected chi connectivity index (χ3v) is 23.5. The highest BCUT2D eigenvalue weighted by atomic mass is 28.4. The van der Waals surface area contributed by atoms with Gasteiger partial charge < -0.3 is 65.1 Å². The molecule has 1 saturated heterocycles. The summed E-state index contributed by atoms with van der Waals surface area (Å²) in [5, 5.41) is 21.8. The van der Waals surface area contributed by atoms with E-state index in [1.54, 1.807) is 41.5 Å². The van der Waals surface area contributed by atoms with Gasteiger partial charge in [0.1, 0.15) is 66.5 Å². The van der Waals surface area contributed by atoms with Crippen LogP contribution in [0.25, 0.3) is 0 Å². The lowest BCUT2D eigenvalue weighted by atomic mass is 9.90. The zero-order valence-electron chi connectivity index (χ0n) is 63.5. The predicted molar refractivity (Wildman–Crippen MR) is 371 cm³/mol. The number of nitrogens with zero attached hydrogens (tertiary/aromatic N) is 7. The van der Waals surface area contributed by atoms with E-state index in [0.29, 0.717) is 6.42 Å². The van der Waals surface area contributed by atoms with Gasteiger partial charge in [-0.2, -0.15) is 0 Å². The van der Waals surface area contributed by atoms with Crippen molar-refractivity contribution in [3.05, 3.63) is 0 Å². The van der Waals surface area contributed by atoms with Crippen molar-refractivity contribution in [2.75, 3.05) is 49.3 Å². The summed E-state index contributed by atoms with van der Waals surface area (Å²) in [6.45, 7) is 41.9. The first-order chi connectivity index (χ1) is 42.9. The van der Waals surface area contributed by atoms with Gasteiger partial charge in [0.05, 0.1) is 12.2 Å². The number of nitrogens with one attached hydrogen (secondary N) is 4. The molecule has 1 aliphatic heterocycles. The SMILES string of the molecule is CC[C@@H]1NC(=O)[C@H]([C@H](O[Si](C)(C)C(C)(C)C)[C@H](C)CC(C)O)N(C)C(=O)[C@@H](C(C)C)N(C)C(=O)[C@@H](CC(C)C)N(C)C(=O)C(CC(C)C)N(C)C(=O)[C@@H](C)NC(=O)[C@@H](C)NC(=O)[C@@H](CCC(C)C)N(C)C(=O)[C@@H](C(C)C)NC(=O)[C@H](CC(C)C)N(C)C(=O)[C@@H](C)N(C)C1=O. The quantitative estimate of drug-likeness (QED) is 0.100. The Bertz CT molecular complexity index is 2570. The van der Waals surface area contributed by atoms with E-state index in [1.807, 2.05) is 96.2 Å². The molecule has 0 aromatic carbocycles. The lowest BCUT2D eigenvalue weighted by molar-refractivity contribution is -0.157. The minimum Gasteiger partial charge on any atom is -0.411 e. The Morgan fingerprint density at radius 3 is 1.32 bits per heavy atom. The second kappa shape index (κ2) is 37.2. The number of rotatable bonds is 18. The second-order valence-corrected chi connectivity index (χ2v) is 35.7. The largest absolute Gasteiger partial charge is 0.411 e. The number of carbonyl (C=O) groups excluding carboxylic acids is 11. The molecule has 24 nitrogen and oxygen atoms in total. The van der Waals surface area contributed by atoms with Gasteiger partial charge in [0, 0.05) is 49.3 Å². The van der Waals surface area contributed by atoms with Crippen LogP contribution in [-0.4, -0.2) is 241 Å². The fourth-order valence-corrected chi connectivity index (χ4v) is 13.3. The highest BCUT2D eigenvalue weighted by Crippen LogP contribution is 2.40. The fraction of sp³-hybridized carbons (Fsp3) is 0.841. The van der Waals surface area contributed by atoms with Gasteiger partial charge in [0.2, 0.25) is 65.0 Å². The Balaban J connectivity index is 4.62. The van der Waals surface area contributed by atoms with Crippen molar-refractivity contribution in [3.63, 3.8) is 0 Å². The van der Waals surface area contributed by atoms with Gasteiger partial charge in [0.15, 0.2) is 8.32 Å². The molecule has 542 valence electrons. The number of aliphatic hydroxyl groups is 1. The van der Waals surface area contributed by atoms with Crippen molar-refractivity contribution in [2.45, 2.75) is 287 Å². The molecule has 1 rings (SSSR count). The van der Waals surface area contributed by atoms with E-state index < -0.39 is 175 Å². The van der Waals surface area contributed by atoms with Crippen LogP contribution in [0.4, 0.5) is 0 Å². The van der Waals surface area contributed by atoms with Crippen LogP contribution in [0.5, 0.6) is 0 Å². The zero-order chi connectivity index (χ0) is 73.4. The van der Waals surface area contributed by atoms with Gasteiger partial charge in [-0.25, -0.2) is 0 Å². The number of carbonyl (C=O) groups is 11. The molecule has 0 aliphatic carbocycles. The molecule has 1 fully saturated rings. The van der Waals surface area contributed by atoms with Crippen LogP contribution in [0.2, 0.25) is 18.1 Å². The molecule has 0 aromatic rings. The molecule has 2 unspecified atom stereocenters. The van der Waals surface area contributed by atoms with Gasteiger partial charge in [-0.3, -0.25) is 52.7 Å². The maximum atomic E-state index is 15.8. The van der Waals surface area contributed by atoms with Crippen LogP contribution in [0.15, 0.2) is 0 Å². The van der Waals surface area contributed by atoms with Crippen molar-refractivity contribution in [1.29, 1.82) is 0 Å². The van der Waals surface area contributed by atoms with Gasteiger partial charge in [-0.05, 0) is 132 Å². The summed E-state index contributed by atoms with van der Waals surface area (Å²) < 4.78 is 7.21. The molecule has 0 saturated carbocycles. The second-order valence-electron chi connectivity index (χ2n) is 30.9. The minimum atomic E-state index is -2.88. The minimum absolute atomic E-state index is 0.0227. The molecular weight excluding hydrogens is 1220 g/mol. The maximum absolute atomic E-state index is 15.8. The number of hydrogen-bond acceptors (Lipinski definition) is 13. The van der Waals surface area contributed by atoms with Gasteiger partial charge in [-0.15, -0.1) is 0 Å². The first-order valence-corrected chi connectivity index (χ1v) is 37.3. The predicted octanol–water partition coefficient (Wildman–Crippen LogP) is 5.88. The van der Waals surface area contributed by atoms with Crippen molar-refractivity contribution in [2.24, 2.45) is 41.4 Å². The van der Waals surface area contributed by atoms with E-state index in [0.717, 1.165) is 0 Å². The third kappa shape index (κ3) is 23.6. The Morgan fingerprint density at radius 2 is 0.883 bits per heavy atom. The first kappa shape index (κ1) is 86.3. The Hall–Kier alpha value is -5.69. The van der Waals surface area contributed by atoms with Crippen LogP contribution in [-0.2, 0) is 57.2 Å². The van der Waals surface area contributed by atoms with E-state index in [-0.39, 0.29) is 62.2 Å². The molecule has 1 heterocycles. The molecule has 0 aromatic heterocycles. The summed E-state index contributed by atoms with van der Waals surface area (Å²) in [7, 11) is 7.31. The average molecular weight is 1350 g/mol. The molecular formula is C69H129N11O13Si. The van der Waals surface area contributed by atoms with Gasteiger partial charge in [-0.1, -0.05) is 118 Å². The average Bonchev–Trinajstić information content (AvgIpc) is 0.792. The van der Waals surface area contributed by atoms with E-state index in [2.05, 4.69) is 21.3 Å². The molecule has 0 bridgehead atoms. The molecule has 0 radical (unpaired) electrons. The third-order valence-electron chi connectivity index (χ3n) is 19.1. The first-order valence-electron chi connectivity index (χ1n) is 34.4. The van der Waals surface area contributed by atoms with E-state index >= 15 is 19.2 Å². The highest BCUT2D eigenvalue weighted by molar-refractivity contribution is 6.74. The monoisotopic (exact) mass is 1350 g/mol. The van der Waals surface area contributed by atoms with E-state index in [9.17, 15) is 38.7 Å². The van der Waals surface area contributed by atoms with Crippen LogP contribution in [0.1, 0.15) is 190 Å². The van der Waals surface area contributed by atoms with Crippen LogP contribution < -0.4 is 21.3 Å². The summed E-state index contributed by atoms with van der Waals surface area (Å²) in [6.07, 6.45) is -0.678. The maximum Gasteiger partial charge on any atom is 0.246 e. The van der Waals surface area contributed by atoms with Crippen LogP contribution in [0, 0.1) is 41.4 Å². The molecule has 94 heavy (non-hydrogen) atoms. The summed E-state index contributed by atoms with van der Waals surface area (Å²) in [6, 6.07) is -13.5. The Morgan fingerprint density at radius 1 is 0.457 bits per heavy atom. The van der Waals surface area contributed by atoms with Crippen molar-refractivity contribution < 1.29 is 62.3 Å². The van der Waals surface area contributed by atoms with Crippen LogP contribution in [0.3, 0.4) is 0 Å². The number of aliphatic hydroxyl groups excluding tert-OH is 1. The van der Waals surface area contributed by atoms with Crippen LogP contribution >= 0.6 is 0 Å². The fourth-order valence-electron chi connectivity index (χ4n) is 11.9. The van der Waals surface area contributed by atoms with E-state index in [1.165, 1.54) is 104 Å². The summed E-state index contributed by atoms with van der Waals surface area (Å²) in [5.74, 6) is -9.29. The lowest BCUT2D eigenvalue weighted by Crippen LogP contribution is -2.65. The van der Waals surface area contributed by atoms with E-state index in [4.69, 9.17) is 4.43 Å². The molecule has 1 aliphatic rings. The smallest absolute Gasteiger partial charge is 0.246 e. The summed E-state index contributed by atoms with van der Waals surface area (Å²) >= 11 is 0. The number of amides is 11. The standard InChI is InChI=1S/C69H129N11O13Si/c1-31-49-64(88)74(22)48(18)63(87)76(24)51(34-39(4)5)60(84)73-54(42(10)11)67(91)75(23)50(33-32-38(2)3)59(83)70-46(16)58(82)71-47(17)62(86)77(25)52(35-40(6)7)65(89)78(26)53(36-41(8)9)66(90)79(27)55(43(12)13)68(92)80(28)56(61(85)72-49)57(44(14)37-45(15)81)93-94(29,30)69(19,20)21/h38-57,81H,31-37H2,1-30H3,(H,70,83)(H,71,82)(H,72,85)(H,73,84)/t44-,45?,46-,47-,48-,49+,50-,51+,52?,53-,54-,55-,56+,57-/m1/s1. The Kier molecular flexibility index (Phi) is 34.1. The zero-order valence-corrected chi connectivity index (χ0v) is 64.5. The van der Waals surface area contributed by atoms with Crippen molar-refractivity contribution in [3.8, 4) is 0 Å². The normalized spacial score (nSPS) is 26.9.